The van der Waals surface area contributed by atoms with Crippen LogP contribution >= 0.6 is 0 Å². The minimum absolute atomic E-state index is 0.00168. The number of benzene rings is 2. The van der Waals surface area contributed by atoms with Crippen molar-refractivity contribution in [2.24, 2.45) is 11.8 Å². The number of tetrazole rings is 1. The number of amides is 1. The fraction of sp³-hybridized carbons (Fsp3) is 0.481. The van der Waals surface area contributed by atoms with Crippen LogP contribution < -0.4 is 10.2 Å². The van der Waals surface area contributed by atoms with E-state index in [1.54, 1.807) is 0 Å². The van der Waals surface area contributed by atoms with E-state index >= 15 is 0 Å². The summed E-state index contributed by atoms with van der Waals surface area (Å²) in [5, 5.41) is 17.8. The summed E-state index contributed by atoms with van der Waals surface area (Å²) in [4.78, 5) is 15.5. The Kier molecular flexibility index (Phi) is 7.29. The van der Waals surface area contributed by atoms with Crippen LogP contribution in [0, 0.1) is 18.8 Å². The molecule has 1 amide bonds. The van der Waals surface area contributed by atoms with Gasteiger partial charge in [-0.2, -0.15) is 5.21 Å². The topological polar surface area (TPSA) is 86.8 Å². The maximum Gasteiger partial charge on any atom is 0.228 e. The van der Waals surface area contributed by atoms with E-state index in [1.807, 2.05) is 24.3 Å². The molecule has 7 nitrogen and oxygen atoms in total. The van der Waals surface area contributed by atoms with Crippen LogP contribution in [0.15, 0.2) is 42.5 Å². The van der Waals surface area contributed by atoms with E-state index in [1.165, 1.54) is 11.1 Å². The Morgan fingerprint density at radius 2 is 1.76 bits per heavy atom. The van der Waals surface area contributed by atoms with Gasteiger partial charge in [-0.3, -0.25) is 4.79 Å². The first-order valence-corrected chi connectivity index (χ1v) is 12.3. The molecule has 3 aromatic rings. The molecule has 0 radical (unpaired) electrons. The fourth-order valence-corrected chi connectivity index (χ4v) is 4.57. The zero-order valence-electron chi connectivity index (χ0n) is 20.9. The van der Waals surface area contributed by atoms with E-state index in [0.29, 0.717) is 24.2 Å². The summed E-state index contributed by atoms with van der Waals surface area (Å²) in [6.45, 7) is 12.9. The monoisotopic (exact) mass is 460 g/mol. The second-order valence-corrected chi connectivity index (χ2v) is 10.4. The number of H-pyrrole nitrogens is 1. The van der Waals surface area contributed by atoms with Gasteiger partial charge in [0, 0.05) is 19.0 Å². The van der Waals surface area contributed by atoms with Crippen molar-refractivity contribution in [1.82, 2.24) is 20.6 Å². The molecule has 7 heteroatoms. The van der Waals surface area contributed by atoms with Gasteiger partial charge in [0.25, 0.3) is 0 Å². The third-order valence-corrected chi connectivity index (χ3v) is 6.20. The molecule has 2 atom stereocenters. The normalized spacial score (nSPS) is 17.3. The number of hydrogen-bond donors (Lipinski definition) is 2. The summed E-state index contributed by atoms with van der Waals surface area (Å²) in [5.74, 6) is 2.43. The maximum atomic E-state index is 13.1. The number of aromatic amines is 1. The lowest BCUT2D eigenvalue weighted by Crippen LogP contribution is -2.32. The summed E-state index contributed by atoms with van der Waals surface area (Å²) in [5.41, 5.74) is 5.38. The predicted octanol–water partition coefficient (Wildman–Crippen LogP) is 5.08. The van der Waals surface area contributed by atoms with Gasteiger partial charge in [0.1, 0.15) is 0 Å². The summed E-state index contributed by atoms with van der Waals surface area (Å²) >= 11 is 0. The molecule has 2 aromatic carbocycles. The smallest absolute Gasteiger partial charge is 0.228 e. The van der Waals surface area contributed by atoms with Gasteiger partial charge in [0.05, 0.1) is 17.8 Å². The zero-order valence-corrected chi connectivity index (χ0v) is 20.9. The summed E-state index contributed by atoms with van der Waals surface area (Å²) in [7, 11) is 0. The van der Waals surface area contributed by atoms with E-state index < -0.39 is 0 Å². The number of anilines is 2. The number of carbonyl (C=O) groups is 1. The quantitative estimate of drug-likeness (QED) is 0.441. The minimum atomic E-state index is 0.00168. The highest BCUT2D eigenvalue weighted by atomic mass is 16.1. The Bertz CT molecular complexity index is 1080. The molecule has 0 spiro atoms. The molecule has 1 heterocycles. The van der Waals surface area contributed by atoms with Crippen molar-refractivity contribution in [1.29, 1.82) is 0 Å². The largest absolute Gasteiger partial charge is 0.369 e. The lowest BCUT2D eigenvalue weighted by atomic mass is 10.0. The van der Waals surface area contributed by atoms with Crippen LogP contribution in [-0.4, -0.2) is 39.6 Å². The van der Waals surface area contributed by atoms with E-state index in [0.717, 1.165) is 42.3 Å². The lowest BCUT2D eigenvalue weighted by Gasteiger charge is -2.31. The SMILES string of the molecule is Cc1ccc(CC(=O)Nc2cc([C@@H]3C[C@@H]3c3nn[nH]n3)ccc2N(CC(C)C)CC(C)C)cc1. The van der Waals surface area contributed by atoms with Crippen molar-refractivity contribution in [2.45, 2.75) is 59.3 Å². The van der Waals surface area contributed by atoms with Crippen LogP contribution in [0.4, 0.5) is 11.4 Å². The molecule has 1 aliphatic carbocycles. The van der Waals surface area contributed by atoms with Gasteiger partial charge in [-0.25, -0.2) is 0 Å². The number of hydrogen-bond acceptors (Lipinski definition) is 5. The second-order valence-electron chi connectivity index (χ2n) is 10.4. The molecule has 1 aliphatic rings. The molecule has 1 aromatic heterocycles. The highest BCUT2D eigenvalue weighted by Gasteiger charge is 2.42. The number of rotatable bonds is 10. The van der Waals surface area contributed by atoms with Crippen molar-refractivity contribution < 1.29 is 4.79 Å². The highest BCUT2D eigenvalue weighted by molar-refractivity contribution is 5.95. The van der Waals surface area contributed by atoms with Crippen LogP contribution in [0.25, 0.3) is 0 Å². The Balaban J connectivity index is 1.60. The Hall–Kier alpha value is -3.22. The Morgan fingerprint density at radius 1 is 1.06 bits per heavy atom. The van der Waals surface area contributed by atoms with E-state index in [4.69, 9.17) is 0 Å². The molecule has 0 bridgehead atoms. The van der Waals surface area contributed by atoms with Gasteiger partial charge in [-0.15, -0.1) is 10.2 Å². The van der Waals surface area contributed by atoms with Crippen LogP contribution in [0.2, 0.25) is 0 Å². The van der Waals surface area contributed by atoms with Gasteiger partial charge in [-0.05, 0) is 54.4 Å². The molecular weight excluding hydrogens is 424 g/mol. The van der Waals surface area contributed by atoms with Crippen LogP contribution in [0.5, 0.6) is 0 Å². The number of nitrogens with one attached hydrogen (secondary N) is 2. The van der Waals surface area contributed by atoms with Crippen molar-refractivity contribution in [3.63, 3.8) is 0 Å². The average Bonchev–Trinajstić information content (AvgIpc) is 3.38. The van der Waals surface area contributed by atoms with E-state index in [2.05, 4.69) is 83.7 Å². The first-order chi connectivity index (χ1) is 16.3. The molecule has 34 heavy (non-hydrogen) atoms. The number of carbonyl (C=O) groups excluding carboxylic acids is 1. The first-order valence-electron chi connectivity index (χ1n) is 12.3. The van der Waals surface area contributed by atoms with Gasteiger partial charge < -0.3 is 10.2 Å². The first kappa shape index (κ1) is 23.9. The summed E-state index contributed by atoms with van der Waals surface area (Å²) in [6.07, 6.45) is 1.35. The zero-order chi connectivity index (χ0) is 24.2. The van der Waals surface area contributed by atoms with Crippen molar-refractivity contribution >= 4 is 17.3 Å². The van der Waals surface area contributed by atoms with Crippen LogP contribution in [0.1, 0.15) is 68.5 Å². The number of aromatic nitrogens is 4. The molecule has 0 aliphatic heterocycles. The van der Waals surface area contributed by atoms with E-state index in [-0.39, 0.29) is 11.8 Å². The van der Waals surface area contributed by atoms with Gasteiger partial charge in [0.15, 0.2) is 5.82 Å². The standard InChI is InChI=1S/C27H36N6O/c1-17(2)15-33(16-18(3)4)25-11-10-21(22-14-23(22)27-29-31-32-30-27)13-24(25)28-26(34)12-20-8-6-19(5)7-9-20/h6-11,13,17-18,22-23H,12,14-16H2,1-5H3,(H,28,34)(H,29,30,31,32)/t22-,23-/m0/s1. The molecule has 1 saturated carbocycles. The second kappa shape index (κ2) is 10.4. The molecule has 4 rings (SSSR count). The van der Waals surface area contributed by atoms with Crippen LogP contribution in [0.3, 0.4) is 0 Å². The van der Waals surface area contributed by atoms with Crippen molar-refractivity contribution in [3.8, 4) is 0 Å². The average molecular weight is 461 g/mol. The van der Waals surface area contributed by atoms with Crippen molar-refractivity contribution in [3.05, 3.63) is 65.0 Å². The molecule has 0 unspecified atom stereocenters. The van der Waals surface area contributed by atoms with Gasteiger partial charge >= 0.3 is 0 Å². The molecule has 2 N–H and O–H groups in total. The Labute approximate surface area is 202 Å². The molecule has 180 valence electrons. The predicted molar refractivity (Wildman–Crippen MR) is 136 cm³/mol. The van der Waals surface area contributed by atoms with Crippen molar-refractivity contribution in [2.75, 3.05) is 23.3 Å². The lowest BCUT2D eigenvalue weighted by molar-refractivity contribution is -0.115. The third kappa shape index (κ3) is 6.01. The highest BCUT2D eigenvalue weighted by Crippen LogP contribution is 2.54. The number of nitrogens with zero attached hydrogens (tertiary/aromatic N) is 4. The van der Waals surface area contributed by atoms with E-state index in [9.17, 15) is 4.79 Å². The third-order valence-electron chi connectivity index (χ3n) is 6.20. The van der Waals surface area contributed by atoms with Gasteiger partial charge in [-0.1, -0.05) is 68.8 Å². The molecule has 0 saturated heterocycles. The Morgan fingerprint density at radius 3 is 2.38 bits per heavy atom. The maximum absolute atomic E-state index is 13.1. The molecule has 1 fully saturated rings. The van der Waals surface area contributed by atoms with Crippen LogP contribution in [-0.2, 0) is 11.2 Å². The summed E-state index contributed by atoms with van der Waals surface area (Å²) in [6, 6.07) is 14.7. The summed E-state index contributed by atoms with van der Waals surface area (Å²) < 4.78 is 0. The van der Waals surface area contributed by atoms with Gasteiger partial charge in [0.2, 0.25) is 5.91 Å². The fourth-order valence-electron chi connectivity index (χ4n) is 4.57. The minimum Gasteiger partial charge on any atom is -0.369 e. The molecular formula is C27H36N6O. The number of aryl methyl sites for hydroxylation is 1.